The van der Waals surface area contributed by atoms with Crippen molar-refractivity contribution >= 4 is 33.1 Å². The lowest BCUT2D eigenvalue weighted by Gasteiger charge is -2.22. The molecule has 2 heterocycles. The molecule has 0 saturated carbocycles. The number of hydrogen-bond acceptors (Lipinski definition) is 4. The fraction of sp³-hybridized carbons (Fsp3) is 0.467. The van der Waals surface area contributed by atoms with E-state index in [0.717, 1.165) is 35.4 Å². The zero-order valence-electron chi connectivity index (χ0n) is 11.4. The smallest absolute Gasteiger partial charge is 0.224 e. The predicted octanol–water partition coefficient (Wildman–Crippen LogP) is 3.01. The van der Waals surface area contributed by atoms with Crippen LogP contribution < -0.4 is 10.6 Å². The summed E-state index contributed by atoms with van der Waals surface area (Å²) in [6.07, 6.45) is 4.05. The minimum absolute atomic E-state index is 0.111. The lowest BCUT2D eigenvalue weighted by atomic mass is 9.94. The van der Waals surface area contributed by atoms with Crippen LogP contribution >= 0.6 is 11.3 Å². The van der Waals surface area contributed by atoms with Crippen molar-refractivity contribution < 1.29 is 4.79 Å². The zero-order valence-corrected chi connectivity index (χ0v) is 12.2. The van der Waals surface area contributed by atoms with Gasteiger partial charge in [-0.25, -0.2) is 4.98 Å². The number of rotatable bonds is 4. The molecule has 1 fully saturated rings. The summed E-state index contributed by atoms with van der Waals surface area (Å²) in [6, 6.07) is 5.86. The van der Waals surface area contributed by atoms with Crippen molar-refractivity contribution in [2.24, 2.45) is 5.92 Å². The second kappa shape index (κ2) is 6.33. The summed E-state index contributed by atoms with van der Waals surface area (Å²) in [4.78, 5) is 16.2. The van der Waals surface area contributed by atoms with Gasteiger partial charge in [-0.15, -0.1) is 11.3 Å². The van der Waals surface area contributed by atoms with E-state index in [0.29, 0.717) is 12.3 Å². The molecule has 1 aliphatic heterocycles. The van der Waals surface area contributed by atoms with E-state index in [1.807, 2.05) is 23.7 Å². The van der Waals surface area contributed by atoms with Gasteiger partial charge in [-0.2, -0.15) is 0 Å². The molecular formula is C15H19N3OS. The van der Waals surface area contributed by atoms with E-state index in [9.17, 15) is 4.79 Å². The number of piperidine rings is 1. The highest BCUT2D eigenvalue weighted by molar-refractivity contribution is 7.16. The van der Waals surface area contributed by atoms with Gasteiger partial charge in [0.25, 0.3) is 0 Å². The Labute approximate surface area is 122 Å². The molecule has 1 saturated heterocycles. The molecule has 0 bridgehead atoms. The van der Waals surface area contributed by atoms with Crippen LogP contribution in [-0.4, -0.2) is 24.0 Å². The minimum atomic E-state index is 0.111. The fourth-order valence-electron chi connectivity index (χ4n) is 2.66. The predicted molar refractivity (Wildman–Crippen MR) is 83.1 cm³/mol. The van der Waals surface area contributed by atoms with E-state index in [4.69, 9.17) is 0 Å². The molecule has 20 heavy (non-hydrogen) atoms. The molecule has 0 spiro atoms. The highest BCUT2D eigenvalue weighted by Crippen LogP contribution is 2.22. The Morgan fingerprint density at radius 2 is 2.45 bits per heavy atom. The number of anilines is 1. The van der Waals surface area contributed by atoms with Gasteiger partial charge in [0, 0.05) is 12.1 Å². The fourth-order valence-corrected chi connectivity index (χ4v) is 3.38. The first-order valence-electron chi connectivity index (χ1n) is 7.15. The van der Waals surface area contributed by atoms with Crippen LogP contribution in [0.2, 0.25) is 0 Å². The summed E-state index contributed by atoms with van der Waals surface area (Å²) in [7, 11) is 0. The van der Waals surface area contributed by atoms with Crippen molar-refractivity contribution in [3.8, 4) is 0 Å². The molecule has 1 amide bonds. The van der Waals surface area contributed by atoms with Crippen molar-refractivity contribution in [2.75, 3.05) is 18.4 Å². The Hall–Kier alpha value is -1.46. The number of carbonyl (C=O) groups excluding carboxylic acids is 1. The third kappa shape index (κ3) is 3.35. The first-order chi connectivity index (χ1) is 9.81. The molecule has 0 aliphatic carbocycles. The van der Waals surface area contributed by atoms with Gasteiger partial charge in [-0.3, -0.25) is 4.79 Å². The summed E-state index contributed by atoms with van der Waals surface area (Å²) in [5, 5.41) is 6.37. The molecule has 5 heteroatoms. The second-order valence-electron chi connectivity index (χ2n) is 5.33. The quantitative estimate of drug-likeness (QED) is 0.909. The summed E-state index contributed by atoms with van der Waals surface area (Å²) in [5.41, 5.74) is 3.68. The average Bonchev–Trinajstić information content (AvgIpc) is 2.94. The van der Waals surface area contributed by atoms with Gasteiger partial charge in [-0.05, 0) is 56.5 Å². The van der Waals surface area contributed by atoms with E-state index in [-0.39, 0.29) is 5.91 Å². The number of amides is 1. The van der Waals surface area contributed by atoms with Crippen LogP contribution in [0.25, 0.3) is 10.2 Å². The number of benzene rings is 1. The van der Waals surface area contributed by atoms with Gasteiger partial charge < -0.3 is 10.6 Å². The number of nitrogens with zero attached hydrogens (tertiary/aromatic N) is 1. The van der Waals surface area contributed by atoms with Gasteiger partial charge in [0.15, 0.2) is 0 Å². The molecule has 0 radical (unpaired) electrons. The molecule has 106 valence electrons. The lowest BCUT2D eigenvalue weighted by Crippen LogP contribution is -2.30. The van der Waals surface area contributed by atoms with Gasteiger partial charge in [-0.1, -0.05) is 0 Å². The van der Waals surface area contributed by atoms with E-state index in [1.54, 1.807) is 11.3 Å². The van der Waals surface area contributed by atoms with E-state index in [1.165, 1.54) is 12.8 Å². The monoisotopic (exact) mass is 289 g/mol. The van der Waals surface area contributed by atoms with E-state index in [2.05, 4.69) is 15.6 Å². The van der Waals surface area contributed by atoms with Crippen LogP contribution in [0.15, 0.2) is 23.7 Å². The van der Waals surface area contributed by atoms with Crippen molar-refractivity contribution in [1.29, 1.82) is 0 Å². The average molecular weight is 289 g/mol. The molecule has 3 rings (SSSR count). The molecule has 2 aromatic rings. The van der Waals surface area contributed by atoms with Crippen molar-refractivity contribution in [2.45, 2.75) is 25.7 Å². The number of fused-ring (bicyclic) bond motifs is 1. The number of carbonyl (C=O) groups is 1. The Morgan fingerprint density at radius 1 is 1.50 bits per heavy atom. The highest BCUT2D eigenvalue weighted by atomic mass is 32.1. The molecule has 1 aliphatic rings. The van der Waals surface area contributed by atoms with E-state index >= 15 is 0 Å². The standard InChI is InChI=1S/C15H19N3OS/c19-15(6-3-11-2-1-7-16-9-11)18-12-4-5-13-14(8-12)20-10-17-13/h4-5,8,10-11,16H,1-3,6-7,9H2,(H,18,19). The van der Waals surface area contributed by atoms with Gasteiger partial charge >= 0.3 is 0 Å². The number of hydrogen-bond donors (Lipinski definition) is 2. The molecule has 2 N–H and O–H groups in total. The summed E-state index contributed by atoms with van der Waals surface area (Å²) >= 11 is 1.59. The van der Waals surface area contributed by atoms with Crippen molar-refractivity contribution in [1.82, 2.24) is 10.3 Å². The molecule has 1 unspecified atom stereocenters. The molecular weight excluding hydrogens is 270 g/mol. The van der Waals surface area contributed by atoms with Gasteiger partial charge in [0.2, 0.25) is 5.91 Å². The summed E-state index contributed by atoms with van der Waals surface area (Å²) in [6.45, 7) is 2.18. The highest BCUT2D eigenvalue weighted by Gasteiger charge is 2.14. The number of thiazole rings is 1. The third-order valence-electron chi connectivity index (χ3n) is 3.79. The Kier molecular flexibility index (Phi) is 4.28. The summed E-state index contributed by atoms with van der Waals surface area (Å²) < 4.78 is 1.11. The number of aromatic nitrogens is 1. The largest absolute Gasteiger partial charge is 0.326 e. The van der Waals surface area contributed by atoms with Crippen LogP contribution in [0.5, 0.6) is 0 Å². The van der Waals surface area contributed by atoms with Crippen LogP contribution in [0.1, 0.15) is 25.7 Å². The summed E-state index contributed by atoms with van der Waals surface area (Å²) in [5.74, 6) is 0.762. The topological polar surface area (TPSA) is 54.0 Å². The molecule has 1 atom stereocenters. The normalized spacial score (nSPS) is 19.1. The third-order valence-corrected chi connectivity index (χ3v) is 4.59. The second-order valence-corrected chi connectivity index (χ2v) is 6.22. The zero-order chi connectivity index (χ0) is 13.8. The van der Waals surface area contributed by atoms with E-state index < -0.39 is 0 Å². The lowest BCUT2D eigenvalue weighted by molar-refractivity contribution is -0.116. The van der Waals surface area contributed by atoms with Crippen molar-refractivity contribution in [3.05, 3.63) is 23.7 Å². The van der Waals surface area contributed by atoms with Gasteiger partial charge in [0.05, 0.1) is 15.7 Å². The first kappa shape index (κ1) is 13.5. The maximum Gasteiger partial charge on any atom is 0.224 e. The van der Waals surface area contributed by atoms with Gasteiger partial charge in [0.1, 0.15) is 0 Å². The number of nitrogens with one attached hydrogen (secondary N) is 2. The Morgan fingerprint density at radius 3 is 3.30 bits per heavy atom. The Bertz CT molecular complexity index is 590. The molecule has 1 aromatic heterocycles. The van der Waals surface area contributed by atoms with Crippen LogP contribution in [0.4, 0.5) is 5.69 Å². The van der Waals surface area contributed by atoms with Crippen LogP contribution in [0, 0.1) is 5.92 Å². The SMILES string of the molecule is O=C(CCC1CCCNC1)Nc1ccc2ncsc2c1. The van der Waals surface area contributed by atoms with Crippen LogP contribution in [0.3, 0.4) is 0 Å². The molecule has 1 aromatic carbocycles. The maximum atomic E-state index is 12.0. The Balaban J connectivity index is 1.52. The van der Waals surface area contributed by atoms with Crippen molar-refractivity contribution in [3.63, 3.8) is 0 Å². The minimum Gasteiger partial charge on any atom is -0.326 e. The van der Waals surface area contributed by atoms with Crippen LogP contribution in [-0.2, 0) is 4.79 Å². The molecule has 4 nitrogen and oxygen atoms in total. The maximum absolute atomic E-state index is 12.0. The first-order valence-corrected chi connectivity index (χ1v) is 8.03.